The predicted molar refractivity (Wildman–Crippen MR) is 123 cm³/mol. The van der Waals surface area contributed by atoms with Crippen LogP contribution in [0.15, 0.2) is 97.5 Å². The highest BCUT2D eigenvalue weighted by Gasteiger charge is 2.18. The Morgan fingerprint density at radius 2 is 1.61 bits per heavy atom. The van der Waals surface area contributed by atoms with Crippen LogP contribution in [0.1, 0.15) is 38.8 Å². The number of rotatable bonds is 7. The van der Waals surface area contributed by atoms with Crippen LogP contribution in [0.25, 0.3) is 0 Å². The van der Waals surface area contributed by atoms with Gasteiger partial charge in [0, 0.05) is 29.8 Å². The largest absolute Gasteiger partial charge is 0.379 e. The molecule has 1 atom stereocenters. The van der Waals surface area contributed by atoms with Crippen LogP contribution in [0.2, 0.25) is 0 Å². The third-order valence-corrected chi connectivity index (χ3v) is 5.13. The first kappa shape index (κ1) is 20.3. The second kappa shape index (κ2) is 9.67. The molecule has 4 rings (SSSR count). The van der Waals surface area contributed by atoms with E-state index < -0.39 is 0 Å². The lowest BCUT2D eigenvalue weighted by atomic mass is 9.99. The molecule has 0 saturated heterocycles. The first-order valence-corrected chi connectivity index (χ1v) is 10.2. The quantitative estimate of drug-likeness (QED) is 0.456. The van der Waals surface area contributed by atoms with Crippen molar-refractivity contribution in [1.29, 1.82) is 0 Å². The number of aromatic nitrogens is 2. The van der Waals surface area contributed by atoms with Crippen molar-refractivity contribution in [3.8, 4) is 0 Å². The third kappa shape index (κ3) is 5.14. The summed E-state index contributed by atoms with van der Waals surface area (Å²) >= 11 is 0. The zero-order valence-corrected chi connectivity index (χ0v) is 17.3. The Kier molecular flexibility index (Phi) is 6.33. The molecule has 2 N–H and O–H groups in total. The van der Waals surface area contributed by atoms with Gasteiger partial charge >= 0.3 is 0 Å². The summed E-state index contributed by atoms with van der Waals surface area (Å²) in [6.45, 7) is 2.61. The third-order valence-electron chi connectivity index (χ3n) is 5.13. The monoisotopic (exact) mass is 408 g/mol. The Labute approximate surface area is 182 Å². The summed E-state index contributed by atoms with van der Waals surface area (Å²) in [5.41, 5.74) is 5.53. The Balaban J connectivity index is 1.55. The van der Waals surface area contributed by atoms with Gasteiger partial charge in [-0.1, -0.05) is 42.5 Å². The van der Waals surface area contributed by atoms with E-state index in [4.69, 9.17) is 0 Å². The van der Waals surface area contributed by atoms with Crippen LogP contribution in [-0.4, -0.2) is 15.9 Å². The topological polar surface area (TPSA) is 66.9 Å². The fourth-order valence-corrected chi connectivity index (χ4v) is 3.42. The Morgan fingerprint density at radius 1 is 0.871 bits per heavy atom. The van der Waals surface area contributed by atoms with Crippen molar-refractivity contribution < 1.29 is 4.79 Å². The Morgan fingerprint density at radius 3 is 2.35 bits per heavy atom. The molecule has 5 heteroatoms. The zero-order valence-electron chi connectivity index (χ0n) is 17.3. The number of aryl methyl sites for hydroxylation is 1. The van der Waals surface area contributed by atoms with Crippen molar-refractivity contribution in [1.82, 2.24) is 15.3 Å². The minimum absolute atomic E-state index is 0.133. The van der Waals surface area contributed by atoms with Crippen LogP contribution in [0.5, 0.6) is 0 Å². The minimum atomic E-state index is -0.261. The number of pyridine rings is 2. The number of hydrogen-bond donors (Lipinski definition) is 2. The lowest BCUT2D eigenvalue weighted by Gasteiger charge is -2.20. The van der Waals surface area contributed by atoms with E-state index in [1.54, 1.807) is 18.6 Å². The molecule has 0 aliphatic carbocycles. The second-order valence-corrected chi connectivity index (χ2v) is 7.30. The average molecular weight is 409 g/mol. The van der Waals surface area contributed by atoms with E-state index >= 15 is 0 Å². The number of carbonyl (C=O) groups is 1. The van der Waals surface area contributed by atoms with Crippen LogP contribution in [0.4, 0.5) is 5.69 Å². The van der Waals surface area contributed by atoms with Gasteiger partial charge < -0.3 is 10.6 Å². The normalized spacial score (nSPS) is 11.5. The molecule has 1 unspecified atom stereocenters. The predicted octanol–water partition coefficient (Wildman–Crippen LogP) is 4.92. The second-order valence-electron chi connectivity index (χ2n) is 7.30. The summed E-state index contributed by atoms with van der Waals surface area (Å²) in [6.07, 6.45) is 5.25. The van der Waals surface area contributed by atoms with Gasteiger partial charge in [0.2, 0.25) is 0 Å². The van der Waals surface area contributed by atoms with E-state index in [1.807, 2.05) is 85.8 Å². The molecule has 0 spiro atoms. The molecule has 1 amide bonds. The van der Waals surface area contributed by atoms with E-state index in [-0.39, 0.29) is 11.9 Å². The van der Waals surface area contributed by atoms with E-state index in [0.717, 1.165) is 28.1 Å². The van der Waals surface area contributed by atoms with Crippen molar-refractivity contribution in [2.45, 2.75) is 19.5 Å². The van der Waals surface area contributed by atoms with Crippen molar-refractivity contribution in [3.05, 3.63) is 125 Å². The highest BCUT2D eigenvalue weighted by Crippen LogP contribution is 2.23. The number of benzene rings is 2. The molecule has 31 heavy (non-hydrogen) atoms. The summed E-state index contributed by atoms with van der Waals surface area (Å²) in [5, 5.41) is 6.57. The highest BCUT2D eigenvalue weighted by atomic mass is 16.1. The SMILES string of the molecule is Cc1ccc(C(=O)NC(c2ccccc2)c2ccncc2)cc1NCc1ccccn1. The Bertz CT molecular complexity index is 1090. The molecule has 0 aliphatic rings. The van der Waals surface area contributed by atoms with Crippen molar-refractivity contribution in [3.63, 3.8) is 0 Å². The van der Waals surface area contributed by atoms with Gasteiger partial charge in [0.15, 0.2) is 0 Å². The van der Waals surface area contributed by atoms with Gasteiger partial charge in [0.25, 0.3) is 5.91 Å². The van der Waals surface area contributed by atoms with E-state index in [0.29, 0.717) is 12.1 Å². The lowest BCUT2D eigenvalue weighted by molar-refractivity contribution is 0.0943. The molecule has 2 heterocycles. The molecule has 0 saturated carbocycles. The molecule has 2 aromatic carbocycles. The van der Waals surface area contributed by atoms with Gasteiger partial charge in [-0.2, -0.15) is 0 Å². The number of nitrogens with zero attached hydrogens (tertiary/aromatic N) is 2. The molecule has 0 bridgehead atoms. The molecule has 5 nitrogen and oxygen atoms in total. The highest BCUT2D eigenvalue weighted by molar-refractivity contribution is 5.95. The standard InChI is InChI=1S/C26H24N4O/c1-19-10-11-22(17-24(19)29-18-23-9-5-6-14-28-23)26(31)30-25(20-7-3-2-4-8-20)21-12-15-27-16-13-21/h2-17,25,29H,18H2,1H3,(H,30,31). The molecular formula is C26H24N4O. The Hall–Kier alpha value is -3.99. The summed E-state index contributed by atoms with van der Waals surface area (Å²) < 4.78 is 0. The van der Waals surface area contributed by atoms with Gasteiger partial charge in [0.1, 0.15) is 0 Å². The van der Waals surface area contributed by atoms with Crippen molar-refractivity contribution in [2.75, 3.05) is 5.32 Å². The molecule has 2 aromatic heterocycles. The van der Waals surface area contributed by atoms with Gasteiger partial charge in [0.05, 0.1) is 18.3 Å². The van der Waals surface area contributed by atoms with Crippen LogP contribution in [-0.2, 0) is 6.54 Å². The molecule has 154 valence electrons. The van der Waals surface area contributed by atoms with E-state index in [9.17, 15) is 4.79 Å². The van der Waals surface area contributed by atoms with Crippen molar-refractivity contribution >= 4 is 11.6 Å². The maximum atomic E-state index is 13.2. The molecular weight excluding hydrogens is 384 g/mol. The van der Waals surface area contributed by atoms with Crippen LogP contribution >= 0.6 is 0 Å². The lowest BCUT2D eigenvalue weighted by Crippen LogP contribution is -2.29. The van der Waals surface area contributed by atoms with Crippen LogP contribution < -0.4 is 10.6 Å². The van der Waals surface area contributed by atoms with Gasteiger partial charge in [-0.15, -0.1) is 0 Å². The number of carbonyl (C=O) groups excluding carboxylic acids is 1. The van der Waals surface area contributed by atoms with E-state index in [2.05, 4.69) is 20.6 Å². The van der Waals surface area contributed by atoms with Gasteiger partial charge in [-0.25, -0.2) is 0 Å². The molecule has 0 fully saturated rings. The smallest absolute Gasteiger partial charge is 0.252 e. The summed E-state index contributed by atoms with van der Waals surface area (Å²) in [4.78, 5) is 21.6. The minimum Gasteiger partial charge on any atom is -0.379 e. The summed E-state index contributed by atoms with van der Waals surface area (Å²) in [5.74, 6) is -0.133. The van der Waals surface area contributed by atoms with Crippen molar-refractivity contribution in [2.24, 2.45) is 0 Å². The van der Waals surface area contributed by atoms with Crippen LogP contribution in [0, 0.1) is 6.92 Å². The number of amides is 1. The first-order chi connectivity index (χ1) is 15.2. The fraction of sp³-hybridized carbons (Fsp3) is 0.115. The molecule has 4 aromatic rings. The maximum absolute atomic E-state index is 13.2. The number of nitrogens with one attached hydrogen (secondary N) is 2. The number of anilines is 1. The van der Waals surface area contributed by atoms with Gasteiger partial charge in [-0.05, 0) is 60.0 Å². The molecule has 0 aliphatic heterocycles. The molecule has 0 radical (unpaired) electrons. The van der Waals surface area contributed by atoms with Gasteiger partial charge in [-0.3, -0.25) is 14.8 Å². The fourth-order valence-electron chi connectivity index (χ4n) is 3.42. The first-order valence-electron chi connectivity index (χ1n) is 10.2. The average Bonchev–Trinajstić information content (AvgIpc) is 2.83. The summed E-state index contributed by atoms with van der Waals surface area (Å²) in [6, 6.07) is 25.1. The zero-order chi connectivity index (χ0) is 21.5. The van der Waals surface area contributed by atoms with E-state index in [1.165, 1.54) is 0 Å². The van der Waals surface area contributed by atoms with Crippen LogP contribution in [0.3, 0.4) is 0 Å². The number of hydrogen-bond acceptors (Lipinski definition) is 4. The maximum Gasteiger partial charge on any atom is 0.252 e. The summed E-state index contributed by atoms with van der Waals surface area (Å²) in [7, 11) is 0.